The normalized spacial score (nSPS) is 26.0. The first-order valence-electron chi connectivity index (χ1n) is 11.1. The predicted octanol–water partition coefficient (Wildman–Crippen LogP) is -0.223. The van der Waals surface area contributed by atoms with Crippen LogP contribution in [0.3, 0.4) is 0 Å². The first-order chi connectivity index (χ1) is 16.4. The second kappa shape index (κ2) is 8.91. The summed E-state index contributed by atoms with van der Waals surface area (Å²) >= 11 is 0. The Labute approximate surface area is 199 Å². The number of esters is 1. The van der Waals surface area contributed by atoms with Crippen molar-refractivity contribution < 1.29 is 29.3 Å². The highest BCUT2D eigenvalue weighted by atomic mass is 16.6. The van der Waals surface area contributed by atoms with Crippen LogP contribution in [0.4, 0.5) is 17.3 Å². The minimum atomic E-state index is -1.81. The summed E-state index contributed by atoms with van der Waals surface area (Å²) in [7, 11) is 0. The number of hydrogen-bond acceptors (Lipinski definition) is 11. The molecule has 1 unspecified atom stereocenters. The maximum absolute atomic E-state index is 12.5. The second-order valence-corrected chi connectivity index (χ2v) is 9.20. The van der Waals surface area contributed by atoms with Crippen LogP contribution in [-0.4, -0.2) is 68.4 Å². The molecule has 4 heterocycles. The van der Waals surface area contributed by atoms with Gasteiger partial charge in [0.05, 0.1) is 11.7 Å². The predicted molar refractivity (Wildman–Crippen MR) is 126 cm³/mol. The molecule has 2 aliphatic heterocycles. The van der Waals surface area contributed by atoms with E-state index in [4.69, 9.17) is 15.2 Å². The molecule has 0 aromatic carbocycles. The van der Waals surface area contributed by atoms with Crippen molar-refractivity contribution in [1.29, 1.82) is 0 Å². The summed E-state index contributed by atoms with van der Waals surface area (Å²) in [5, 5.41) is 28.2. The highest BCUT2D eigenvalue weighted by molar-refractivity contribution is 6.10. The maximum Gasteiger partial charge on any atom is 0.328 e. The van der Waals surface area contributed by atoms with Crippen LogP contribution in [0.15, 0.2) is 22.1 Å². The smallest absolute Gasteiger partial charge is 0.328 e. The van der Waals surface area contributed by atoms with Gasteiger partial charge in [0.2, 0.25) is 5.91 Å². The molecule has 2 aliphatic rings. The largest absolute Gasteiger partial charge is 0.461 e. The second-order valence-electron chi connectivity index (χ2n) is 9.20. The number of hydrogen-bond donors (Lipinski definition) is 5. The first-order valence-corrected chi connectivity index (χ1v) is 11.1. The third kappa shape index (κ3) is 4.33. The number of nitrogens with one attached hydrogen (secondary N) is 2. The number of rotatable bonds is 6. The van der Waals surface area contributed by atoms with Crippen LogP contribution in [0.2, 0.25) is 0 Å². The van der Waals surface area contributed by atoms with Gasteiger partial charge in [-0.25, -0.2) is 9.79 Å². The Bertz CT molecular complexity index is 1270. The average molecular weight is 489 g/mol. The molecular formula is C22H28N6O7. The summed E-state index contributed by atoms with van der Waals surface area (Å²) in [6, 6.07) is 0.307. The summed E-state index contributed by atoms with van der Waals surface area (Å²) in [4.78, 5) is 44.2. The van der Waals surface area contributed by atoms with E-state index in [0.29, 0.717) is 16.6 Å². The molecule has 0 saturated carbocycles. The number of aliphatic imine (C=N–C) groups is 1. The van der Waals surface area contributed by atoms with Crippen molar-refractivity contribution in [3.8, 4) is 0 Å². The summed E-state index contributed by atoms with van der Waals surface area (Å²) in [6.45, 7) is 5.84. The lowest BCUT2D eigenvalue weighted by Crippen LogP contribution is -2.47. The molecule has 0 bridgehead atoms. The molecular weight excluding hydrogens is 460 g/mol. The molecule has 13 nitrogen and oxygen atoms in total. The zero-order chi connectivity index (χ0) is 25.7. The van der Waals surface area contributed by atoms with Crippen molar-refractivity contribution in [2.24, 2.45) is 10.9 Å². The van der Waals surface area contributed by atoms with Crippen LogP contribution in [0.5, 0.6) is 0 Å². The van der Waals surface area contributed by atoms with Crippen molar-refractivity contribution in [3.63, 3.8) is 0 Å². The van der Waals surface area contributed by atoms with E-state index in [9.17, 15) is 24.6 Å². The van der Waals surface area contributed by atoms with Crippen LogP contribution in [0.25, 0.3) is 10.8 Å². The van der Waals surface area contributed by atoms with Gasteiger partial charge in [0.25, 0.3) is 5.56 Å². The van der Waals surface area contributed by atoms with Crippen LogP contribution >= 0.6 is 0 Å². The Balaban J connectivity index is 1.63. The molecule has 0 radical (unpaired) electrons. The van der Waals surface area contributed by atoms with E-state index < -0.39 is 41.6 Å². The molecule has 5 atom stereocenters. The van der Waals surface area contributed by atoms with Crippen molar-refractivity contribution in [2.75, 3.05) is 17.7 Å². The number of aliphatic hydroxyl groups excluding tert-OH is 1. The van der Waals surface area contributed by atoms with Crippen molar-refractivity contribution >= 4 is 46.3 Å². The number of aromatic nitrogens is 2. The molecule has 1 saturated heterocycles. The highest BCUT2D eigenvalue weighted by Gasteiger charge is 2.54. The fourth-order valence-electron chi connectivity index (χ4n) is 4.29. The van der Waals surface area contributed by atoms with Gasteiger partial charge in [-0.3, -0.25) is 9.59 Å². The quantitative estimate of drug-likeness (QED) is 0.340. The fourth-order valence-corrected chi connectivity index (χ4v) is 4.29. The van der Waals surface area contributed by atoms with Crippen LogP contribution < -0.4 is 21.9 Å². The van der Waals surface area contributed by atoms with Gasteiger partial charge in [0, 0.05) is 30.3 Å². The number of carbonyl (C=O) groups excluding carboxylic acids is 2. The number of nitrogens with zero attached hydrogens (tertiary/aromatic N) is 3. The Hall–Kier alpha value is -3.55. The van der Waals surface area contributed by atoms with Crippen LogP contribution in [0.1, 0.15) is 33.9 Å². The molecule has 2 aromatic heterocycles. The highest BCUT2D eigenvalue weighted by Crippen LogP contribution is 2.45. The summed E-state index contributed by atoms with van der Waals surface area (Å²) in [5.74, 6) is -0.741. The Morgan fingerprint density at radius 3 is 2.80 bits per heavy atom. The molecule has 6 N–H and O–H groups in total. The maximum atomic E-state index is 12.5. The van der Waals surface area contributed by atoms with E-state index >= 15 is 0 Å². The Kier molecular flexibility index (Phi) is 6.25. The number of nitrogen functional groups attached to an aromatic ring is 1. The Morgan fingerprint density at radius 1 is 1.43 bits per heavy atom. The van der Waals surface area contributed by atoms with Crippen molar-refractivity contribution in [1.82, 2.24) is 14.9 Å². The van der Waals surface area contributed by atoms with Gasteiger partial charge in [-0.1, -0.05) is 13.8 Å². The van der Waals surface area contributed by atoms with Gasteiger partial charge < -0.3 is 40.6 Å². The van der Waals surface area contributed by atoms with Gasteiger partial charge in [-0.05, 0) is 12.8 Å². The number of aliphatic hydroxyl groups is 2. The summed E-state index contributed by atoms with van der Waals surface area (Å²) in [6.07, 6.45) is -0.753. The third-order valence-corrected chi connectivity index (χ3v) is 6.12. The van der Waals surface area contributed by atoms with Gasteiger partial charge in [-0.2, -0.15) is 4.98 Å². The standard InChI is InChI=1S/C22H28N6O7/c1-9(2)16(26-10(3)29)20(32)34-7-13-17(31)22(4,33)21(35-13)28-6-11-12(23)5-14(30)27-18-15(11)19(28)25-8-24-18/h5-6,8-9,13,16-17,21,31,33H,7,23H2,1-4H3,(H,26,29)(H,24,25,27,30)/t13-,16+,17-,21-,22?/m1/s1. The van der Waals surface area contributed by atoms with E-state index in [1.54, 1.807) is 20.0 Å². The number of amides is 1. The van der Waals surface area contributed by atoms with Gasteiger partial charge in [-0.15, -0.1) is 0 Å². The lowest BCUT2D eigenvalue weighted by Gasteiger charge is -2.28. The lowest BCUT2D eigenvalue weighted by molar-refractivity contribution is -0.155. The Morgan fingerprint density at radius 2 is 2.14 bits per heavy atom. The van der Waals surface area contributed by atoms with E-state index in [0.717, 1.165) is 0 Å². The molecule has 35 heavy (non-hydrogen) atoms. The number of nitrogens with two attached hydrogens (primary N) is 1. The average Bonchev–Trinajstić information content (AvgIpc) is 3.21. The number of ether oxygens (including phenoxy) is 2. The topological polar surface area (TPSA) is 190 Å². The summed E-state index contributed by atoms with van der Waals surface area (Å²) in [5.41, 5.74) is 3.89. The van der Waals surface area contributed by atoms with Gasteiger partial charge in [0.15, 0.2) is 6.23 Å². The molecule has 188 valence electrons. The van der Waals surface area contributed by atoms with Gasteiger partial charge >= 0.3 is 5.97 Å². The van der Waals surface area contributed by atoms with Crippen LogP contribution in [0, 0.1) is 5.92 Å². The lowest BCUT2D eigenvalue weighted by atomic mass is 9.96. The molecule has 1 amide bonds. The first kappa shape index (κ1) is 24.6. The molecule has 2 aromatic rings. The molecule has 1 fully saturated rings. The van der Waals surface area contributed by atoms with Crippen molar-refractivity contribution in [2.45, 2.75) is 57.8 Å². The van der Waals surface area contributed by atoms with Gasteiger partial charge in [0.1, 0.15) is 42.1 Å². The summed E-state index contributed by atoms with van der Waals surface area (Å²) < 4.78 is 12.8. The SMILES string of the molecule is CC(=O)N[C@H](C(=O)OC[C@H]1O[C@@H](n2cc3c(N)cc(=O)nc4c3c2N=CN4)C(C)(O)[C@@H]1O)C(C)C. The van der Waals surface area contributed by atoms with E-state index in [2.05, 4.69) is 20.6 Å². The molecule has 0 aliphatic carbocycles. The van der Waals surface area contributed by atoms with E-state index in [1.165, 1.54) is 30.8 Å². The zero-order valence-corrected chi connectivity index (χ0v) is 19.7. The van der Waals surface area contributed by atoms with E-state index in [1.807, 2.05) is 0 Å². The zero-order valence-electron chi connectivity index (χ0n) is 19.7. The minimum absolute atomic E-state index is 0.156. The minimum Gasteiger partial charge on any atom is -0.461 e. The number of anilines is 2. The molecule has 0 spiro atoms. The van der Waals surface area contributed by atoms with Crippen molar-refractivity contribution in [3.05, 3.63) is 22.6 Å². The van der Waals surface area contributed by atoms with Crippen LogP contribution in [-0.2, 0) is 19.1 Å². The molecule has 13 heteroatoms. The fraction of sp³-hybridized carbons (Fsp3) is 0.500. The third-order valence-electron chi connectivity index (χ3n) is 6.12. The molecule has 4 rings (SSSR count). The number of carbonyl (C=O) groups is 2. The monoisotopic (exact) mass is 488 g/mol. The van der Waals surface area contributed by atoms with E-state index in [-0.39, 0.29) is 29.9 Å².